The first-order valence-electron chi connectivity index (χ1n) is 12.6. The molecular weight excluding hydrogens is 523 g/mol. The van der Waals surface area contributed by atoms with Crippen LogP contribution in [0.2, 0.25) is 0 Å². The highest BCUT2D eigenvalue weighted by atomic mass is 19.4. The van der Waals surface area contributed by atoms with Gasteiger partial charge < -0.3 is 15.0 Å². The number of nitrogens with zero attached hydrogens (tertiary/aromatic N) is 4. The number of ether oxygens (including phenoxy) is 1. The minimum Gasteiger partial charge on any atom is -0.497 e. The molecule has 0 spiro atoms. The summed E-state index contributed by atoms with van der Waals surface area (Å²) in [4.78, 5) is 37.2. The van der Waals surface area contributed by atoms with Crippen molar-refractivity contribution >= 4 is 16.9 Å². The first-order chi connectivity index (χ1) is 18.8. The summed E-state index contributed by atoms with van der Waals surface area (Å²) >= 11 is 0. The van der Waals surface area contributed by atoms with Gasteiger partial charge in [0.05, 0.1) is 18.1 Å². The van der Waals surface area contributed by atoms with Crippen molar-refractivity contribution in [3.05, 3.63) is 76.2 Å². The molecule has 0 atom stereocenters. The third kappa shape index (κ3) is 6.48. The molecule has 11 heteroatoms. The summed E-state index contributed by atoms with van der Waals surface area (Å²) in [5.74, 6) is 0.354. The third-order valence-corrected chi connectivity index (χ3v) is 6.04. The second kappa shape index (κ2) is 11.5. The zero-order chi connectivity index (χ0) is 29.2. The Morgan fingerprint density at radius 2 is 1.82 bits per heavy atom. The van der Waals surface area contributed by atoms with Gasteiger partial charge in [0.25, 0.3) is 5.56 Å². The standard InChI is InChI=1S/C29H30F3N5O3/c1-17(2)34-25(38)16-37-27(19-7-6-8-23(12-19)40-5)35-26-24(28(37)39)13-21(14-33-26)20-9-18(15-36(3)4)10-22(11-20)29(30,31)32/h6-14,17H,15-16H2,1-5H3,(H,34,38). The molecule has 210 valence electrons. The lowest BCUT2D eigenvalue weighted by atomic mass is 9.99. The van der Waals surface area contributed by atoms with Crippen LogP contribution < -0.4 is 15.6 Å². The Balaban J connectivity index is 1.92. The van der Waals surface area contributed by atoms with E-state index in [1.807, 2.05) is 0 Å². The van der Waals surface area contributed by atoms with Crippen LogP contribution in [0.1, 0.15) is 25.0 Å². The highest BCUT2D eigenvalue weighted by Gasteiger charge is 2.31. The molecule has 2 aromatic carbocycles. The van der Waals surface area contributed by atoms with Gasteiger partial charge in [0.15, 0.2) is 5.65 Å². The molecule has 0 aliphatic rings. The van der Waals surface area contributed by atoms with E-state index in [9.17, 15) is 22.8 Å². The van der Waals surface area contributed by atoms with E-state index in [-0.39, 0.29) is 35.0 Å². The third-order valence-electron chi connectivity index (χ3n) is 6.04. The predicted molar refractivity (Wildman–Crippen MR) is 147 cm³/mol. The van der Waals surface area contributed by atoms with Gasteiger partial charge in [-0.1, -0.05) is 12.1 Å². The smallest absolute Gasteiger partial charge is 0.416 e. The van der Waals surface area contributed by atoms with Crippen molar-refractivity contribution in [2.24, 2.45) is 0 Å². The van der Waals surface area contributed by atoms with Gasteiger partial charge in [-0.3, -0.25) is 14.2 Å². The van der Waals surface area contributed by atoms with E-state index >= 15 is 0 Å². The monoisotopic (exact) mass is 553 g/mol. The van der Waals surface area contributed by atoms with Gasteiger partial charge in [0.2, 0.25) is 5.91 Å². The van der Waals surface area contributed by atoms with Crippen molar-refractivity contribution in [2.45, 2.75) is 39.2 Å². The molecular formula is C29H30F3N5O3. The van der Waals surface area contributed by atoms with Crippen LogP contribution in [0.4, 0.5) is 13.2 Å². The van der Waals surface area contributed by atoms with E-state index in [1.54, 1.807) is 63.2 Å². The number of alkyl halides is 3. The van der Waals surface area contributed by atoms with Crippen molar-refractivity contribution in [3.8, 4) is 28.3 Å². The number of nitrogens with one attached hydrogen (secondary N) is 1. The number of pyridine rings is 1. The Hall–Kier alpha value is -4.25. The van der Waals surface area contributed by atoms with E-state index in [0.29, 0.717) is 29.0 Å². The molecule has 0 bridgehead atoms. The van der Waals surface area contributed by atoms with Crippen LogP contribution in [0.3, 0.4) is 0 Å². The number of amides is 1. The SMILES string of the molecule is COc1cccc(-c2nc3ncc(-c4cc(CN(C)C)cc(C(F)(F)F)c4)cc3c(=O)n2CC(=O)NC(C)C)c1. The Morgan fingerprint density at radius 1 is 1.07 bits per heavy atom. The summed E-state index contributed by atoms with van der Waals surface area (Å²) in [7, 11) is 5.04. The lowest BCUT2D eigenvalue weighted by Gasteiger charge is -2.16. The molecule has 2 heterocycles. The maximum absolute atomic E-state index is 13.8. The highest BCUT2D eigenvalue weighted by molar-refractivity contribution is 5.83. The largest absolute Gasteiger partial charge is 0.497 e. The molecule has 0 radical (unpaired) electrons. The summed E-state index contributed by atoms with van der Waals surface area (Å²) in [5.41, 5.74) is 0.351. The molecule has 0 aliphatic heterocycles. The van der Waals surface area contributed by atoms with Crippen molar-refractivity contribution in [1.82, 2.24) is 24.8 Å². The number of hydrogen-bond acceptors (Lipinski definition) is 6. The summed E-state index contributed by atoms with van der Waals surface area (Å²) in [6.45, 7) is 3.59. The van der Waals surface area contributed by atoms with Crippen molar-refractivity contribution in [2.75, 3.05) is 21.2 Å². The molecule has 0 saturated carbocycles. The number of rotatable bonds is 8. The Kier molecular flexibility index (Phi) is 8.24. The number of fused-ring (bicyclic) bond motifs is 1. The van der Waals surface area contributed by atoms with Crippen LogP contribution in [0.15, 0.2) is 59.5 Å². The second-order valence-electron chi connectivity index (χ2n) is 10.0. The van der Waals surface area contributed by atoms with E-state index in [0.717, 1.165) is 12.1 Å². The van der Waals surface area contributed by atoms with Gasteiger partial charge in [0, 0.05) is 29.9 Å². The normalized spacial score (nSPS) is 11.8. The van der Waals surface area contributed by atoms with Crippen LogP contribution in [0.25, 0.3) is 33.5 Å². The van der Waals surface area contributed by atoms with Crippen molar-refractivity contribution in [1.29, 1.82) is 0 Å². The summed E-state index contributed by atoms with van der Waals surface area (Å²) in [5, 5.41) is 2.85. The van der Waals surface area contributed by atoms with Crippen LogP contribution in [-0.2, 0) is 24.1 Å². The molecule has 4 aromatic rings. The topological polar surface area (TPSA) is 89.4 Å². The van der Waals surface area contributed by atoms with Crippen molar-refractivity contribution in [3.63, 3.8) is 0 Å². The zero-order valence-corrected chi connectivity index (χ0v) is 22.8. The van der Waals surface area contributed by atoms with Gasteiger partial charge in [-0.05, 0) is 75.5 Å². The van der Waals surface area contributed by atoms with Crippen LogP contribution in [0.5, 0.6) is 5.75 Å². The van der Waals surface area contributed by atoms with E-state index in [1.165, 1.54) is 23.9 Å². The minimum atomic E-state index is -4.55. The second-order valence-corrected chi connectivity index (χ2v) is 10.0. The number of methoxy groups -OCH3 is 1. The molecule has 4 rings (SSSR count). The number of hydrogen-bond donors (Lipinski definition) is 1. The first kappa shape index (κ1) is 28.8. The van der Waals surface area contributed by atoms with Gasteiger partial charge in [0.1, 0.15) is 18.1 Å². The lowest BCUT2D eigenvalue weighted by molar-refractivity contribution is -0.137. The molecule has 0 saturated heterocycles. The number of carbonyl (C=O) groups is 1. The number of carbonyl (C=O) groups excluding carboxylic acids is 1. The average molecular weight is 554 g/mol. The lowest BCUT2D eigenvalue weighted by Crippen LogP contribution is -2.37. The Morgan fingerprint density at radius 3 is 2.48 bits per heavy atom. The molecule has 0 fully saturated rings. The van der Waals surface area contributed by atoms with Gasteiger partial charge in [-0.2, -0.15) is 13.2 Å². The molecule has 1 amide bonds. The zero-order valence-electron chi connectivity index (χ0n) is 22.8. The average Bonchev–Trinajstić information content (AvgIpc) is 2.88. The number of aromatic nitrogens is 3. The minimum absolute atomic E-state index is 0.0769. The molecule has 0 aliphatic carbocycles. The maximum atomic E-state index is 13.8. The summed E-state index contributed by atoms with van der Waals surface area (Å²) < 4.78 is 47.7. The summed E-state index contributed by atoms with van der Waals surface area (Å²) in [6, 6.07) is 12.0. The van der Waals surface area contributed by atoms with Crippen molar-refractivity contribution < 1.29 is 22.7 Å². The van der Waals surface area contributed by atoms with Gasteiger partial charge in [-0.25, -0.2) is 9.97 Å². The first-order valence-corrected chi connectivity index (χ1v) is 12.6. The summed E-state index contributed by atoms with van der Waals surface area (Å²) in [6.07, 6.45) is -3.15. The van der Waals surface area contributed by atoms with Crippen LogP contribution in [0, 0.1) is 0 Å². The fourth-order valence-corrected chi connectivity index (χ4v) is 4.38. The Bertz CT molecular complexity index is 1610. The highest BCUT2D eigenvalue weighted by Crippen LogP contribution is 2.34. The maximum Gasteiger partial charge on any atom is 0.416 e. The quantitative estimate of drug-likeness (QED) is 0.339. The molecule has 1 N–H and O–H groups in total. The molecule has 0 unspecified atom stereocenters. The fraction of sp³-hybridized carbons (Fsp3) is 0.310. The number of benzene rings is 2. The van der Waals surface area contributed by atoms with Crippen LogP contribution in [-0.4, -0.2) is 52.6 Å². The van der Waals surface area contributed by atoms with Crippen LogP contribution >= 0.6 is 0 Å². The fourth-order valence-electron chi connectivity index (χ4n) is 4.38. The molecule has 8 nitrogen and oxygen atoms in total. The predicted octanol–water partition coefficient (Wildman–Crippen LogP) is 4.74. The van der Waals surface area contributed by atoms with Gasteiger partial charge in [-0.15, -0.1) is 0 Å². The molecule has 2 aromatic heterocycles. The van der Waals surface area contributed by atoms with E-state index in [4.69, 9.17) is 4.74 Å². The molecule has 40 heavy (non-hydrogen) atoms. The van der Waals surface area contributed by atoms with E-state index in [2.05, 4.69) is 15.3 Å². The Labute approximate surface area is 229 Å². The number of halogens is 3. The van der Waals surface area contributed by atoms with Gasteiger partial charge >= 0.3 is 6.18 Å². The van der Waals surface area contributed by atoms with E-state index < -0.39 is 23.2 Å².